The summed E-state index contributed by atoms with van der Waals surface area (Å²) in [6.45, 7) is 9.01. The van der Waals surface area contributed by atoms with Gasteiger partial charge in [0.1, 0.15) is 12.4 Å². The maximum atomic E-state index is 10.5. The molecule has 4 rings (SSSR count). The Morgan fingerprint density at radius 1 is 1.25 bits per heavy atom. The third-order valence-corrected chi connectivity index (χ3v) is 7.60. The standard InChI is InChI=1S/C20H30O4/c1-12-13(7-9-23-12)17-10-16-14-4-5-18(22)19(2,11-21)15(14)6-8-20(16,3)24-17/h7,14-18,21-22H,1,4-6,8-11H2,2-3H3/t14?,15?,16-,17?,18+,19-,20?/m0/s1. The molecule has 4 unspecified atom stereocenters. The van der Waals surface area contributed by atoms with Crippen LogP contribution in [0.25, 0.3) is 0 Å². The summed E-state index contributed by atoms with van der Waals surface area (Å²) in [4.78, 5) is 0. The van der Waals surface area contributed by atoms with E-state index in [0.717, 1.165) is 43.4 Å². The monoisotopic (exact) mass is 334 g/mol. The quantitative estimate of drug-likeness (QED) is 0.815. The molecule has 0 aromatic heterocycles. The van der Waals surface area contributed by atoms with Gasteiger partial charge in [-0.05, 0) is 62.9 Å². The smallest absolute Gasteiger partial charge is 0.118 e. The zero-order chi connectivity index (χ0) is 17.1. The second kappa shape index (κ2) is 5.58. The van der Waals surface area contributed by atoms with Gasteiger partial charge in [0, 0.05) is 11.0 Å². The van der Waals surface area contributed by atoms with E-state index in [1.807, 2.05) is 0 Å². The number of hydrogen-bond acceptors (Lipinski definition) is 4. The molecule has 4 heteroatoms. The van der Waals surface area contributed by atoms with Crippen molar-refractivity contribution in [2.75, 3.05) is 13.2 Å². The number of rotatable bonds is 2. The lowest BCUT2D eigenvalue weighted by atomic mass is 9.51. The molecule has 0 aromatic rings. The van der Waals surface area contributed by atoms with Gasteiger partial charge in [-0.1, -0.05) is 13.5 Å². The van der Waals surface area contributed by atoms with Crippen molar-refractivity contribution in [2.24, 2.45) is 23.2 Å². The van der Waals surface area contributed by atoms with Crippen LogP contribution in [0.1, 0.15) is 46.0 Å². The Bertz CT molecular complexity index is 570. The molecule has 0 bridgehead atoms. The second-order valence-corrected chi connectivity index (χ2v) is 8.72. The molecule has 2 heterocycles. The highest BCUT2D eigenvalue weighted by molar-refractivity contribution is 5.33. The van der Waals surface area contributed by atoms with Crippen molar-refractivity contribution >= 4 is 0 Å². The number of aliphatic hydroxyl groups excluding tert-OH is 2. The van der Waals surface area contributed by atoms with Gasteiger partial charge in [0.05, 0.1) is 24.4 Å². The van der Waals surface area contributed by atoms with E-state index in [1.54, 1.807) is 0 Å². The minimum atomic E-state index is -0.392. The van der Waals surface area contributed by atoms with Crippen molar-refractivity contribution in [1.82, 2.24) is 0 Å². The molecule has 0 radical (unpaired) electrons. The van der Waals surface area contributed by atoms with Crippen LogP contribution >= 0.6 is 0 Å². The fourth-order valence-corrected chi connectivity index (χ4v) is 6.05. The molecule has 2 aliphatic carbocycles. The first-order valence-electron chi connectivity index (χ1n) is 9.38. The van der Waals surface area contributed by atoms with Crippen LogP contribution in [0.4, 0.5) is 0 Å². The fraction of sp³-hybridized carbons (Fsp3) is 0.800. The summed E-state index contributed by atoms with van der Waals surface area (Å²) in [5.41, 5.74) is 0.651. The first-order valence-corrected chi connectivity index (χ1v) is 9.38. The van der Waals surface area contributed by atoms with Gasteiger partial charge in [-0.25, -0.2) is 0 Å². The molecule has 1 saturated heterocycles. The number of fused-ring (bicyclic) bond motifs is 3. The van der Waals surface area contributed by atoms with Gasteiger partial charge in [0.15, 0.2) is 0 Å². The summed E-state index contributed by atoms with van der Waals surface area (Å²) in [5.74, 6) is 2.14. The minimum absolute atomic E-state index is 0.0683. The van der Waals surface area contributed by atoms with E-state index < -0.39 is 6.10 Å². The van der Waals surface area contributed by atoms with Crippen molar-refractivity contribution in [3.05, 3.63) is 24.0 Å². The van der Waals surface area contributed by atoms with Crippen LogP contribution in [0.2, 0.25) is 0 Å². The van der Waals surface area contributed by atoms with E-state index in [-0.39, 0.29) is 23.7 Å². The third-order valence-electron chi connectivity index (χ3n) is 7.60. The average Bonchev–Trinajstić information content (AvgIpc) is 3.13. The van der Waals surface area contributed by atoms with Gasteiger partial charge in [0.25, 0.3) is 0 Å². The lowest BCUT2D eigenvalue weighted by Gasteiger charge is -2.55. The zero-order valence-electron chi connectivity index (χ0n) is 14.8. The average molecular weight is 334 g/mol. The van der Waals surface area contributed by atoms with Gasteiger partial charge in [-0.3, -0.25) is 0 Å². The van der Waals surface area contributed by atoms with Crippen LogP contribution < -0.4 is 0 Å². The Morgan fingerprint density at radius 2 is 2.04 bits per heavy atom. The number of ether oxygens (including phenoxy) is 2. The summed E-state index contributed by atoms with van der Waals surface area (Å²) in [5, 5.41) is 20.5. The molecule has 134 valence electrons. The number of hydrogen-bond donors (Lipinski definition) is 2. The molecule has 4 nitrogen and oxygen atoms in total. The lowest BCUT2D eigenvalue weighted by molar-refractivity contribution is -0.158. The highest BCUT2D eigenvalue weighted by Gasteiger charge is 2.59. The Hall–Kier alpha value is -0.840. The maximum absolute atomic E-state index is 10.5. The topological polar surface area (TPSA) is 58.9 Å². The van der Waals surface area contributed by atoms with E-state index in [2.05, 4.69) is 26.5 Å². The van der Waals surface area contributed by atoms with E-state index >= 15 is 0 Å². The van der Waals surface area contributed by atoms with E-state index in [9.17, 15) is 10.2 Å². The molecule has 2 N–H and O–H groups in total. The summed E-state index contributed by atoms with van der Waals surface area (Å²) in [7, 11) is 0. The normalized spacial score (nSPS) is 50.9. The van der Waals surface area contributed by atoms with E-state index in [1.165, 1.54) is 0 Å². The van der Waals surface area contributed by atoms with Gasteiger partial charge in [-0.15, -0.1) is 0 Å². The van der Waals surface area contributed by atoms with Crippen molar-refractivity contribution in [3.8, 4) is 0 Å². The predicted molar refractivity (Wildman–Crippen MR) is 91.2 cm³/mol. The maximum Gasteiger partial charge on any atom is 0.118 e. The van der Waals surface area contributed by atoms with Gasteiger partial charge < -0.3 is 19.7 Å². The summed E-state index contributed by atoms with van der Waals surface area (Å²) in [6, 6.07) is 0. The molecule has 0 spiro atoms. The summed E-state index contributed by atoms with van der Waals surface area (Å²) >= 11 is 0. The van der Waals surface area contributed by atoms with Crippen molar-refractivity contribution in [2.45, 2.75) is 63.8 Å². The molecule has 24 heavy (non-hydrogen) atoms. The molecular formula is C20H30O4. The zero-order valence-corrected chi connectivity index (χ0v) is 14.8. The van der Waals surface area contributed by atoms with E-state index in [0.29, 0.717) is 24.4 Å². The van der Waals surface area contributed by atoms with Crippen LogP contribution in [0, 0.1) is 23.2 Å². The fourth-order valence-electron chi connectivity index (χ4n) is 6.05. The predicted octanol–water partition coefficient (Wildman–Crippen LogP) is 2.80. The van der Waals surface area contributed by atoms with Crippen molar-refractivity contribution in [3.63, 3.8) is 0 Å². The molecule has 2 aliphatic heterocycles. The Labute approximate surface area is 144 Å². The second-order valence-electron chi connectivity index (χ2n) is 8.72. The lowest BCUT2D eigenvalue weighted by Crippen LogP contribution is -2.56. The SMILES string of the molecule is C=C1OCC=C1C1C[C@H]2C3CC[C@@H](O)[C@@](C)(CO)C3CCC2(C)O1. The molecule has 0 amide bonds. The van der Waals surface area contributed by atoms with Gasteiger partial charge in [-0.2, -0.15) is 0 Å². The Morgan fingerprint density at radius 3 is 2.71 bits per heavy atom. The van der Waals surface area contributed by atoms with Crippen LogP contribution in [0.5, 0.6) is 0 Å². The molecule has 7 atom stereocenters. The van der Waals surface area contributed by atoms with Crippen molar-refractivity contribution in [1.29, 1.82) is 0 Å². The third kappa shape index (κ3) is 2.23. The molecule has 4 aliphatic rings. The highest BCUT2D eigenvalue weighted by Crippen LogP contribution is 2.60. The Balaban J connectivity index is 1.61. The van der Waals surface area contributed by atoms with Crippen molar-refractivity contribution < 1.29 is 19.7 Å². The van der Waals surface area contributed by atoms with Crippen LogP contribution in [0.15, 0.2) is 24.0 Å². The molecule has 3 fully saturated rings. The molecular weight excluding hydrogens is 304 g/mol. The minimum Gasteiger partial charge on any atom is -0.490 e. The molecule has 2 saturated carbocycles. The number of aliphatic hydroxyl groups is 2. The highest BCUT2D eigenvalue weighted by atomic mass is 16.5. The van der Waals surface area contributed by atoms with Crippen LogP contribution in [-0.2, 0) is 9.47 Å². The first-order chi connectivity index (χ1) is 11.4. The van der Waals surface area contributed by atoms with Gasteiger partial charge in [0.2, 0.25) is 0 Å². The van der Waals surface area contributed by atoms with Crippen LogP contribution in [0.3, 0.4) is 0 Å². The summed E-state index contributed by atoms with van der Waals surface area (Å²) < 4.78 is 12.1. The largest absolute Gasteiger partial charge is 0.490 e. The van der Waals surface area contributed by atoms with E-state index in [4.69, 9.17) is 9.47 Å². The summed E-state index contributed by atoms with van der Waals surface area (Å²) in [6.07, 6.45) is 6.64. The van der Waals surface area contributed by atoms with Crippen LogP contribution in [-0.4, -0.2) is 41.2 Å². The first kappa shape index (κ1) is 16.6. The molecule has 0 aromatic carbocycles. The van der Waals surface area contributed by atoms with Gasteiger partial charge >= 0.3 is 0 Å². The Kier molecular flexibility index (Phi) is 3.87.